The van der Waals surface area contributed by atoms with Gasteiger partial charge in [-0.05, 0) is 53.1 Å². The highest BCUT2D eigenvalue weighted by molar-refractivity contribution is 14.1. The fourth-order valence-corrected chi connectivity index (χ4v) is 1.98. The molecule has 106 valence electrons. The van der Waals surface area contributed by atoms with Crippen LogP contribution in [0.4, 0.5) is 0 Å². The van der Waals surface area contributed by atoms with Gasteiger partial charge in [0.15, 0.2) is 0 Å². The smallest absolute Gasteiger partial charge is 0.253 e. The number of carbonyl (C=O) groups is 1. The number of amides is 1. The number of hydrogen-bond acceptors (Lipinski definition) is 3. The van der Waals surface area contributed by atoms with E-state index < -0.39 is 0 Å². The Morgan fingerprint density at radius 1 is 1.47 bits per heavy atom. The molecule has 3 N–H and O–H groups in total. The third-order valence-corrected chi connectivity index (χ3v) is 4.11. The van der Waals surface area contributed by atoms with Crippen molar-refractivity contribution in [3.8, 4) is 5.75 Å². The number of benzene rings is 1. The number of aromatic hydroxyl groups is 1. The molecule has 19 heavy (non-hydrogen) atoms. The number of halogens is 1. The molecule has 4 nitrogen and oxygen atoms in total. The molecule has 1 rings (SSSR count). The minimum absolute atomic E-state index is 0.0948. The maximum atomic E-state index is 12.2. The largest absolute Gasteiger partial charge is 0.507 e. The molecule has 1 aromatic rings. The van der Waals surface area contributed by atoms with Crippen LogP contribution < -0.4 is 5.73 Å². The van der Waals surface area contributed by atoms with E-state index >= 15 is 0 Å². The molecule has 5 heteroatoms. The summed E-state index contributed by atoms with van der Waals surface area (Å²) in [5.41, 5.74) is 6.47. The number of nitrogens with two attached hydrogens (primary N) is 1. The van der Waals surface area contributed by atoms with E-state index in [0.29, 0.717) is 18.0 Å². The molecule has 0 heterocycles. The zero-order valence-corrected chi connectivity index (χ0v) is 13.7. The summed E-state index contributed by atoms with van der Waals surface area (Å²) in [4.78, 5) is 13.8. The van der Waals surface area contributed by atoms with E-state index in [1.807, 2.05) is 22.6 Å². The molecule has 1 aromatic carbocycles. The minimum atomic E-state index is -0.0948. The topological polar surface area (TPSA) is 66.6 Å². The van der Waals surface area contributed by atoms with Gasteiger partial charge in [0.25, 0.3) is 5.91 Å². The van der Waals surface area contributed by atoms with Gasteiger partial charge in [0, 0.05) is 25.2 Å². The van der Waals surface area contributed by atoms with Gasteiger partial charge in [-0.15, -0.1) is 0 Å². The third kappa shape index (κ3) is 4.65. The predicted octanol–water partition coefficient (Wildman–Crippen LogP) is 2.44. The van der Waals surface area contributed by atoms with Crippen LogP contribution in [0.2, 0.25) is 0 Å². The van der Waals surface area contributed by atoms with Crippen LogP contribution in [-0.4, -0.2) is 35.5 Å². The van der Waals surface area contributed by atoms with Gasteiger partial charge in [-0.2, -0.15) is 0 Å². The first-order valence-electron chi connectivity index (χ1n) is 6.32. The van der Waals surface area contributed by atoms with E-state index in [0.717, 1.165) is 9.99 Å². The fourth-order valence-electron chi connectivity index (χ4n) is 1.64. The Hall–Kier alpha value is -0.820. The van der Waals surface area contributed by atoms with Crippen LogP contribution in [0.15, 0.2) is 18.2 Å². The van der Waals surface area contributed by atoms with Crippen LogP contribution in [0.5, 0.6) is 5.75 Å². The van der Waals surface area contributed by atoms with Crippen molar-refractivity contribution in [2.45, 2.75) is 26.3 Å². The van der Waals surface area contributed by atoms with Crippen LogP contribution in [0.25, 0.3) is 0 Å². The van der Waals surface area contributed by atoms with Gasteiger partial charge in [-0.25, -0.2) is 0 Å². The monoisotopic (exact) mass is 376 g/mol. The Bertz CT molecular complexity index is 449. The van der Waals surface area contributed by atoms with Gasteiger partial charge >= 0.3 is 0 Å². The van der Waals surface area contributed by atoms with Crippen molar-refractivity contribution in [2.24, 2.45) is 11.7 Å². The Balaban J connectivity index is 2.64. The lowest BCUT2D eigenvalue weighted by atomic mass is 10.0. The number of hydrogen-bond donors (Lipinski definition) is 2. The quantitative estimate of drug-likeness (QED) is 0.776. The van der Waals surface area contributed by atoms with Crippen molar-refractivity contribution in [2.75, 3.05) is 13.6 Å². The SMILES string of the molecule is CC(C)C(N)CCN(C)C(=O)c1ccc(I)c(O)c1. The second-order valence-corrected chi connectivity index (χ2v) is 6.25. The summed E-state index contributed by atoms with van der Waals surface area (Å²) in [5.74, 6) is 0.451. The molecule has 1 amide bonds. The van der Waals surface area contributed by atoms with Crippen LogP contribution in [0.3, 0.4) is 0 Å². The summed E-state index contributed by atoms with van der Waals surface area (Å²) in [5, 5.41) is 9.62. The molecule has 0 saturated heterocycles. The van der Waals surface area contributed by atoms with E-state index in [2.05, 4.69) is 13.8 Å². The molecular weight excluding hydrogens is 355 g/mol. The van der Waals surface area contributed by atoms with Crippen molar-refractivity contribution in [3.05, 3.63) is 27.3 Å². The average Bonchev–Trinajstić information content (AvgIpc) is 2.37. The molecule has 0 bridgehead atoms. The molecule has 1 unspecified atom stereocenters. The Kier molecular flexibility index (Phi) is 6.06. The molecule has 0 aliphatic carbocycles. The molecule has 0 saturated carbocycles. The first-order valence-corrected chi connectivity index (χ1v) is 7.40. The molecule has 0 fully saturated rings. The Labute approximate surface area is 128 Å². The standard InChI is InChI=1S/C14H21IN2O2/c1-9(2)12(16)6-7-17(3)14(19)10-4-5-11(15)13(18)8-10/h4-5,8-9,12,18H,6-7,16H2,1-3H3. The van der Waals surface area contributed by atoms with E-state index in [1.54, 1.807) is 24.1 Å². The molecule has 0 aliphatic heterocycles. The lowest BCUT2D eigenvalue weighted by molar-refractivity contribution is 0.0788. The number of nitrogens with zero attached hydrogens (tertiary/aromatic N) is 1. The summed E-state index contributed by atoms with van der Waals surface area (Å²) >= 11 is 2.02. The van der Waals surface area contributed by atoms with E-state index in [-0.39, 0.29) is 17.7 Å². The van der Waals surface area contributed by atoms with E-state index in [9.17, 15) is 9.90 Å². The number of rotatable bonds is 5. The van der Waals surface area contributed by atoms with Crippen molar-refractivity contribution in [3.63, 3.8) is 0 Å². The first-order chi connectivity index (χ1) is 8.82. The number of phenolic OH excluding ortho intramolecular Hbond substituents is 1. The lowest BCUT2D eigenvalue weighted by Gasteiger charge is -2.21. The molecule has 0 aromatic heterocycles. The Morgan fingerprint density at radius 3 is 2.63 bits per heavy atom. The zero-order valence-electron chi connectivity index (χ0n) is 11.6. The maximum absolute atomic E-state index is 12.2. The van der Waals surface area contributed by atoms with Crippen LogP contribution >= 0.6 is 22.6 Å². The van der Waals surface area contributed by atoms with Crippen LogP contribution in [0, 0.1) is 9.49 Å². The first kappa shape index (κ1) is 16.2. The minimum Gasteiger partial charge on any atom is -0.507 e. The normalized spacial score (nSPS) is 12.5. The molecule has 0 radical (unpaired) electrons. The second kappa shape index (κ2) is 7.09. The van der Waals surface area contributed by atoms with E-state index in [4.69, 9.17) is 5.73 Å². The van der Waals surface area contributed by atoms with Gasteiger partial charge < -0.3 is 15.7 Å². The second-order valence-electron chi connectivity index (χ2n) is 5.09. The van der Waals surface area contributed by atoms with Gasteiger partial charge in [-0.1, -0.05) is 13.8 Å². The third-order valence-electron chi connectivity index (χ3n) is 3.19. The molecule has 1 atom stereocenters. The summed E-state index contributed by atoms with van der Waals surface area (Å²) in [7, 11) is 1.75. The van der Waals surface area contributed by atoms with Crippen molar-refractivity contribution in [1.82, 2.24) is 4.90 Å². The van der Waals surface area contributed by atoms with E-state index in [1.165, 1.54) is 6.07 Å². The maximum Gasteiger partial charge on any atom is 0.253 e. The van der Waals surface area contributed by atoms with Crippen LogP contribution in [-0.2, 0) is 0 Å². The summed E-state index contributed by atoms with van der Waals surface area (Å²) in [6, 6.07) is 5.06. The summed E-state index contributed by atoms with van der Waals surface area (Å²) in [6.07, 6.45) is 0.774. The Morgan fingerprint density at radius 2 is 2.11 bits per heavy atom. The van der Waals surface area contributed by atoms with Crippen molar-refractivity contribution < 1.29 is 9.90 Å². The highest BCUT2D eigenvalue weighted by atomic mass is 127. The zero-order chi connectivity index (χ0) is 14.6. The number of carbonyl (C=O) groups excluding carboxylic acids is 1. The highest BCUT2D eigenvalue weighted by Gasteiger charge is 2.15. The van der Waals surface area contributed by atoms with Crippen molar-refractivity contribution >= 4 is 28.5 Å². The molecule has 0 aliphatic rings. The fraction of sp³-hybridized carbons (Fsp3) is 0.500. The van der Waals surface area contributed by atoms with Gasteiger partial charge in [0.1, 0.15) is 5.75 Å². The number of phenols is 1. The van der Waals surface area contributed by atoms with Gasteiger partial charge in [0.2, 0.25) is 0 Å². The summed E-state index contributed by atoms with van der Waals surface area (Å²) < 4.78 is 0.735. The van der Waals surface area contributed by atoms with Gasteiger partial charge in [0.05, 0.1) is 3.57 Å². The van der Waals surface area contributed by atoms with Crippen LogP contribution in [0.1, 0.15) is 30.6 Å². The summed E-state index contributed by atoms with van der Waals surface area (Å²) in [6.45, 7) is 4.76. The van der Waals surface area contributed by atoms with Gasteiger partial charge in [-0.3, -0.25) is 4.79 Å². The predicted molar refractivity (Wildman–Crippen MR) is 85.2 cm³/mol. The van der Waals surface area contributed by atoms with Crippen molar-refractivity contribution in [1.29, 1.82) is 0 Å². The highest BCUT2D eigenvalue weighted by Crippen LogP contribution is 2.21. The molecule has 0 spiro atoms. The molecular formula is C14H21IN2O2. The average molecular weight is 376 g/mol. The lowest BCUT2D eigenvalue weighted by Crippen LogP contribution is -2.34.